The number of aryl methyl sites for hydroxylation is 4. The highest BCUT2D eigenvalue weighted by molar-refractivity contribution is 7.54. The molecule has 1 aromatic heterocycles. The molecule has 4 heterocycles. The third-order valence-corrected chi connectivity index (χ3v) is 19.4. The van der Waals surface area contributed by atoms with Crippen molar-refractivity contribution in [2.45, 2.75) is 181 Å². The molecule has 1 fully saturated rings. The van der Waals surface area contributed by atoms with Gasteiger partial charge in [0.05, 0.1) is 46.3 Å². The number of hydrogen-bond donors (Lipinski definition) is 4. The second-order valence-corrected chi connectivity index (χ2v) is 29.4. The van der Waals surface area contributed by atoms with Crippen LogP contribution >= 0.6 is 7.60 Å². The molecular weight excluding hydrogens is 1300 g/mol. The van der Waals surface area contributed by atoms with Crippen molar-refractivity contribution in [3.63, 3.8) is 0 Å². The number of nitrogens with two attached hydrogens (primary N) is 1. The van der Waals surface area contributed by atoms with Gasteiger partial charge in [-0.3, -0.25) is 71.3 Å². The first-order chi connectivity index (χ1) is 46.9. The van der Waals surface area contributed by atoms with E-state index in [4.69, 9.17) is 38.5 Å². The van der Waals surface area contributed by atoms with Gasteiger partial charge in [-0.2, -0.15) is 8.78 Å². The van der Waals surface area contributed by atoms with Gasteiger partial charge in [0.2, 0.25) is 49.0 Å². The SMILES string of the molecule is C/C(=C\C(=O)N[C@H]1CCc2cccc3c2N(C1=O)[C@H](C(=O)N[C@@H](CCC(N)=O)[C@@H](C)OCc1ccc(CCCOCCCCOCCCc2ccc4c(c2)n(C)c(=O)n4C2CCC(=O)NC2=O)cc1)C3)c1ccc(C(F)(F)P(=O)(OCOC(=O)C(C)(C)C)OCOC(=O)C(C)(C)C)cc1. The van der Waals surface area contributed by atoms with E-state index in [1.165, 1.54) is 73.8 Å². The number of fused-ring (bicyclic) bond motifs is 1. The van der Waals surface area contributed by atoms with E-state index in [0.29, 0.717) is 55.2 Å². The Labute approximate surface area is 574 Å². The first kappa shape index (κ1) is 76.5. The lowest BCUT2D eigenvalue weighted by molar-refractivity contribution is -0.163. The van der Waals surface area contributed by atoms with Crippen molar-refractivity contribution in [3.05, 3.63) is 140 Å². The summed E-state index contributed by atoms with van der Waals surface area (Å²) in [7, 11) is -3.92. The number of hydrogen-bond acceptors (Lipinski definition) is 17. The van der Waals surface area contributed by atoms with Crippen LogP contribution < -0.4 is 32.3 Å². The number of esters is 2. The highest BCUT2D eigenvalue weighted by Crippen LogP contribution is 2.67. The quantitative estimate of drug-likeness (QED) is 0.00744. The summed E-state index contributed by atoms with van der Waals surface area (Å²) in [5.41, 5.74) is 5.20. The first-order valence-corrected chi connectivity index (χ1v) is 35.0. The monoisotopic (exact) mass is 1400 g/mol. The summed E-state index contributed by atoms with van der Waals surface area (Å²) in [4.78, 5) is 119. The van der Waals surface area contributed by atoms with Crippen LogP contribution in [0.2, 0.25) is 0 Å². The molecule has 0 spiro atoms. The van der Waals surface area contributed by atoms with Crippen molar-refractivity contribution >= 4 is 77.3 Å². The molecule has 3 aliphatic heterocycles. The van der Waals surface area contributed by atoms with Gasteiger partial charge in [-0.25, -0.2) is 4.79 Å². The van der Waals surface area contributed by atoms with Crippen LogP contribution in [0.5, 0.6) is 0 Å². The van der Waals surface area contributed by atoms with E-state index in [-0.39, 0.29) is 56.7 Å². The third kappa shape index (κ3) is 19.8. The van der Waals surface area contributed by atoms with Crippen molar-refractivity contribution in [1.29, 1.82) is 0 Å². The Morgan fingerprint density at radius 2 is 1.33 bits per heavy atom. The number of alkyl halides is 2. The summed E-state index contributed by atoms with van der Waals surface area (Å²) in [5, 5.41) is 8.19. The molecule has 5 N–H and O–H groups in total. The minimum absolute atomic E-state index is 0.0506. The third-order valence-electron chi connectivity index (χ3n) is 17.6. The smallest absolute Gasteiger partial charge is 0.410 e. The molecule has 5 atom stereocenters. The van der Waals surface area contributed by atoms with E-state index in [0.717, 1.165) is 84.0 Å². The number of halogens is 2. The van der Waals surface area contributed by atoms with Gasteiger partial charge < -0.3 is 40.1 Å². The largest absolute Gasteiger partial charge is 0.438 e. The lowest BCUT2D eigenvalue weighted by atomic mass is 9.98. The molecule has 1 unspecified atom stereocenters. The van der Waals surface area contributed by atoms with Gasteiger partial charge in [0, 0.05) is 64.4 Å². The van der Waals surface area contributed by atoms with Crippen LogP contribution in [-0.2, 0) is 121 Å². The zero-order valence-corrected chi connectivity index (χ0v) is 58.6. The summed E-state index contributed by atoms with van der Waals surface area (Å²) >= 11 is 0. The number of imide groups is 1. The van der Waals surface area contributed by atoms with E-state index < -0.39 is 115 Å². The summed E-state index contributed by atoms with van der Waals surface area (Å²) in [6, 6.07) is 20.2. The van der Waals surface area contributed by atoms with E-state index >= 15 is 8.78 Å². The van der Waals surface area contributed by atoms with Crippen LogP contribution in [0.4, 0.5) is 14.5 Å². The normalized spacial score (nSPS) is 17.4. The molecule has 99 heavy (non-hydrogen) atoms. The minimum Gasteiger partial charge on any atom is -0.438 e. The van der Waals surface area contributed by atoms with Crippen molar-refractivity contribution < 1.29 is 84.4 Å². The topological polar surface area (TPSA) is 311 Å². The number of nitrogens with zero attached hydrogens (tertiary/aromatic N) is 3. The number of aromatic nitrogens is 2. The van der Waals surface area contributed by atoms with E-state index in [9.17, 15) is 47.7 Å². The number of rotatable bonds is 34. The Bertz CT molecular complexity index is 3860. The Hall–Kier alpha value is -8.26. The molecule has 536 valence electrons. The highest BCUT2D eigenvalue weighted by atomic mass is 31.2. The molecule has 24 nitrogen and oxygen atoms in total. The number of primary amides is 1. The number of benzene rings is 4. The number of nitrogens with one attached hydrogen (secondary N) is 3. The second kappa shape index (κ2) is 33.7. The summed E-state index contributed by atoms with van der Waals surface area (Å²) < 4.78 is 87.4. The van der Waals surface area contributed by atoms with Gasteiger partial charge in [0.25, 0.3) is 0 Å². The average Bonchev–Trinajstić information content (AvgIpc) is 1.66. The summed E-state index contributed by atoms with van der Waals surface area (Å²) in [5.74, 6) is -4.73. The molecule has 27 heteroatoms. The first-order valence-electron chi connectivity index (χ1n) is 33.5. The molecule has 8 rings (SSSR count). The second-order valence-electron chi connectivity index (χ2n) is 27.3. The molecule has 1 saturated heterocycles. The van der Waals surface area contributed by atoms with Gasteiger partial charge in [0.15, 0.2) is 0 Å². The van der Waals surface area contributed by atoms with Crippen LogP contribution in [0.15, 0.2) is 95.8 Å². The number of allylic oxidation sites excluding steroid dienone is 1. The lowest BCUT2D eigenvalue weighted by Crippen LogP contribution is -2.56. The summed E-state index contributed by atoms with van der Waals surface area (Å²) in [6.07, 6.45) is 6.83. The fourth-order valence-electron chi connectivity index (χ4n) is 11.8. The fraction of sp³-hybridized carbons (Fsp3) is 0.514. The van der Waals surface area contributed by atoms with Crippen molar-refractivity contribution in [2.24, 2.45) is 23.6 Å². The van der Waals surface area contributed by atoms with Gasteiger partial charge in [-0.05, 0) is 171 Å². The number of anilines is 1. The molecule has 0 aliphatic carbocycles. The van der Waals surface area contributed by atoms with Crippen molar-refractivity contribution in [1.82, 2.24) is 25.1 Å². The van der Waals surface area contributed by atoms with Crippen LogP contribution in [-0.4, -0.2) is 121 Å². The minimum atomic E-state index is -5.60. The van der Waals surface area contributed by atoms with Crippen LogP contribution in [0.1, 0.15) is 158 Å². The Balaban J connectivity index is 0.776. The molecule has 3 aliphatic rings. The van der Waals surface area contributed by atoms with Gasteiger partial charge in [-0.1, -0.05) is 72.8 Å². The number of carbonyl (C=O) groups is 8. The van der Waals surface area contributed by atoms with Crippen LogP contribution in [0.25, 0.3) is 16.6 Å². The maximum absolute atomic E-state index is 16.3. The number of carbonyl (C=O) groups excluding carboxylic acids is 8. The van der Waals surface area contributed by atoms with Crippen molar-refractivity contribution in [3.8, 4) is 0 Å². The predicted molar refractivity (Wildman–Crippen MR) is 363 cm³/mol. The van der Waals surface area contributed by atoms with Crippen molar-refractivity contribution in [2.75, 3.05) is 44.9 Å². The summed E-state index contributed by atoms with van der Waals surface area (Å²) in [6.45, 7) is 12.7. The molecule has 0 saturated carbocycles. The molecular formula is C72H92F2N7O17P. The molecule has 6 amide bonds. The average molecular weight is 1400 g/mol. The molecule has 0 radical (unpaired) electrons. The maximum Gasteiger partial charge on any atom is 0.410 e. The van der Waals surface area contributed by atoms with Gasteiger partial charge >= 0.3 is 30.9 Å². The van der Waals surface area contributed by atoms with Gasteiger partial charge in [0.1, 0.15) is 18.1 Å². The number of ether oxygens (including phenoxy) is 5. The number of para-hydroxylation sites is 1. The Kier molecular flexibility index (Phi) is 26.1. The zero-order valence-electron chi connectivity index (χ0n) is 57.8. The van der Waals surface area contributed by atoms with E-state index in [1.54, 1.807) is 20.9 Å². The van der Waals surface area contributed by atoms with Crippen LogP contribution in [0, 0.1) is 10.8 Å². The Morgan fingerprint density at radius 3 is 1.94 bits per heavy atom. The van der Waals surface area contributed by atoms with Crippen LogP contribution in [0.3, 0.4) is 0 Å². The van der Waals surface area contributed by atoms with Gasteiger partial charge in [-0.15, -0.1) is 0 Å². The highest BCUT2D eigenvalue weighted by Gasteiger charge is 2.56. The number of piperidine rings is 1. The Morgan fingerprint density at radius 1 is 0.747 bits per heavy atom. The number of unbranched alkanes of at least 4 members (excludes halogenated alkanes) is 1. The molecule has 0 bridgehead atoms. The van der Waals surface area contributed by atoms with E-state index in [2.05, 4.69) is 16.0 Å². The molecule has 5 aromatic rings. The predicted octanol–water partition coefficient (Wildman–Crippen LogP) is 9.21. The number of amides is 6. The fourth-order valence-corrected chi connectivity index (χ4v) is 13.0. The zero-order chi connectivity index (χ0) is 72.0. The lowest BCUT2D eigenvalue weighted by Gasteiger charge is -2.31. The maximum atomic E-state index is 16.3. The standard InChI is InChI=1S/C72H92F2N7O17P/c1-45(50-24-27-53(28-25-50)72(73,74)99(91,97-43-95-67(88)70(3,4)5)98-44-96-68(89)71(6,7)8)39-62(84)76-55-29-26-51-17-12-18-52-41-59(81(63(51)52)66(55)87)65(86)77-54(30-33-60(75)82)46(2)94-42-49-21-19-47(20-22-49)15-13-37-92-35-10-11-36-93-38-14-16-48-23-31-56-58(40-48)79(9)69(90)80(56)57-32-34-61(83)78-64(57)85/h12,17-25,27-28,31,39-40,46,54-55,57,59H,10-11,13-16,26,29-30,32-38,41-44H2,1-9H3,(H2,75,82)(H,76,84)(H,77,86)(H,78,83,85)/b45-39+/t46-,54+,55+,57?,59+/m1/s1. The number of imidazole rings is 1. The van der Waals surface area contributed by atoms with E-state index in [1.807, 2.05) is 60.7 Å². The molecule has 4 aromatic carbocycles.